The molecule has 4 nitrogen and oxygen atoms in total. The summed E-state index contributed by atoms with van der Waals surface area (Å²) in [5.74, 6) is 0. The Morgan fingerprint density at radius 3 is 2.50 bits per heavy atom. The minimum absolute atomic E-state index is 0.0327. The topological polar surface area (TPSA) is 49.4 Å². The van der Waals surface area contributed by atoms with Gasteiger partial charge in [-0.2, -0.15) is 4.31 Å². The van der Waals surface area contributed by atoms with Gasteiger partial charge >= 0.3 is 0 Å². The second-order valence-corrected chi connectivity index (χ2v) is 8.30. The van der Waals surface area contributed by atoms with Crippen LogP contribution >= 0.6 is 0 Å². The van der Waals surface area contributed by atoms with Gasteiger partial charge in [0.2, 0.25) is 10.0 Å². The number of aryl methyl sites for hydroxylation is 2. The molecule has 0 saturated carbocycles. The molecule has 1 atom stereocenters. The van der Waals surface area contributed by atoms with E-state index >= 15 is 0 Å². The molecule has 1 aliphatic rings. The van der Waals surface area contributed by atoms with Gasteiger partial charge in [0.05, 0.1) is 4.90 Å². The van der Waals surface area contributed by atoms with Crippen LogP contribution in [0.3, 0.4) is 0 Å². The van der Waals surface area contributed by atoms with Gasteiger partial charge in [-0.1, -0.05) is 6.07 Å². The molecular formula is C15H24N2O2S. The highest BCUT2D eigenvalue weighted by Gasteiger charge is 2.38. The largest absolute Gasteiger partial charge is 0.309 e. The fourth-order valence-electron chi connectivity index (χ4n) is 2.46. The highest BCUT2D eigenvalue weighted by Crippen LogP contribution is 2.25. The standard InChI is InChI=1S/C15H24N2O2S/c1-11-6-7-14(8-12(11)2)20(18,19)17-10-15(4,5)16-9-13(17)3/h6-8,13,16H,9-10H2,1-5H3. The van der Waals surface area contributed by atoms with Gasteiger partial charge < -0.3 is 5.32 Å². The normalized spacial score (nSPS) is 23.8. The number of piperazine rings is 1. The lowest BCUT2D eigenvalue weighted by molar-refractivity contribution is 0.184. The third kappa shape index (κ3) is 2.90. The van der Waals surface area contributed by atoms with Crippen LogP contribution in [-0.4, -0.2) is 37.4 Å². The van der Waals surface area contributed by atoms with E-state index in [4.69, 9.17) is 0 Å². The highest BCUT2D eigenvalue weighted by atomic mass is 32.2. The van der Waals surface area contributed by atoms with E-state index in [2.05, 4.69) is 5.32 Å². The van der Waals surface area contributed by atoms with Crippen LogP contribution in [0.5, 0.6) is 0 Å². The van der Waals surface area contributed by atoms with E-state index in [1.54, 1.807) is 16.4 Å². The average molecular weight is 296 g/mol. The molecule has 1 heterocycles. The molecule has 20 heavy (non-hydrogen) atoms. The zero-order valence-corrected chi connectivity index (χ0v) is 13.7. The van der Waals surface area contributed by atoms with Crippen molar-refractivity contribution < 1.29 is 8.42 Å². The number of hydrogen-bond donors (Lipinski definition) is 1. The van der Waals surface area contributed by atoms with E-state index in [1.807, 2.05) is 40.7 Å². The summed E-state index contributed by atoms with van der Waals surface area (Å²) in [6.45, 7) is 11.1. The van der Waals surface area contributed by atoms with Crippen LogP contribution in [-0.2, 0) is 10.0 Å². The maximum absolute atomic E-state index is 12.8. The van der Waals surface area contributed by atoms with Gasteiger partial charge in [0.25, 0.3) is 0 Å². The monoisotopic (exact) mass is 296 g/mol. The van der Waals surface area contributed by atoms with Crippen LogP contribution in [0, 0.1) is 13.8 Å². The molecule has 1 fully saturated rings. The van der Waals surface area contributed by atoms with Gasteiger partial charge in [-0.15, -0.1) is 0 Å². The number of rotatable bonds is 2. The maximum Gasteiger partial charge on any atom is 0.243 e. The molecule has 0 bridgehead atoms. The van der Waals surface area contributed by atoms with Crippen molar-refractivity contribution in [2.24, 2.45) is 0 Å². The third-order valence-electron chi connectivity index (χ3n) is 4.00. The summed E-state index contributed by atoms with van der Waals surface area (Å²) < 4.78 is 27.3. The fourth-order valence-corrected chi connectivity index (χ4v) is 4.34. The molecular weight excluding hydrogens is 272 g/mol. The summed E-state index contributed by atoms with van der Waals surface area (Å²) in [6, 6.07) is 5.32. The summed E-state index contributed by atoms with van der Waals surface area (Å²) >= 11 is 0. The van der Waals surface area contributed by atoms with Gasteiger partial charge in [0, 0.05) is 24.7 Å². The molecule has 1 N–H and O–H groups in total. The highest BCUT2D eigenvalue weighted by molar-refractivity contribution is 7.89. The average Bonchev–Trinajstić information content (AvgIpc) is 2.35. The Morgan fingerprint density at radius 2 is 1.90 bits per heavy atom. The quantitative estimate of drug-likeness (QED) is 0.909. The summed E-state index contributed by atoms with van der Waals surface area (Å²) in [5.41, 5.74) is 1.92. The van der Waals surface area contributed by atoms with Gasteiger partial charge in [-0.25, -0.2) is 8.42 Å². The Hall–Kier alpha value is -0.910. The zero-order valence-electron chi connectivity index (χ0n) is 12.9. The summed E-state index contributed by atoms with van der Waals surface area (Å²) in [6.07, 6.45) is 0. The van der Waals surface area contributed by atoms with Crippen LogP contribution in [0.25, 0.3) is 0 Å². The van der Waals surface area contributed by atoms with Crippen molar-refractivity contribution in [1.29, 1.82) is 0 Å². The molecule has 1 aromatic rings. The Morgan fingerprint density at radius 1 is 1.25 bits per heavy atom. The molecule has 1 saturated heterocycles. The van der Waals surface area contributed by atoms with Crippen molar-refractivity contribution in [1.82, 2.24) is 9.62 Å². The minimum Gasteiger partial charge on any atom is -0.309 e. The maximum atomic E-state index is 12.8. The van der Waals surface area contributed by atoms with Crippen LogP contribution in [0.2, 0.25) is 0 Å². The predicted molar refractivity (Wildman–Crippen MR) is 81.4 cm³/mol. The van der Waals surface area contributed by atoms with Crippen molar-refractivity contribution in [3.05, 3.63) is 29.3 Å². The lowest BCUT2D eigenvalue weighted by atomic mass is 10.0. The molecule has 1 unspecified atom stereocenters. The fraction of sp³-hybridized carbons (Fsp3) is 0.600. The number of hydrogen-bond acceptors (Lipinski definition) is 3. The van der Waals surface area contributed by atoms with Crippen molar-refractivity contribution >= 4 is 10.0 Å². The van der Waals surface area contributed by atoms with E-state index in [9.17, 15) is 8.42 Å². The lowest BCUT2D eigenvalue weighted by Crippen LogP contribution is -2.61. The summed E-state index contributed by atoms with van der Waals surface area (Å²) in [5, 5.41) is 3.38. The first-order valence-electron chi connectivity index (χ1n) is 6.98. The third-order valence-corrected chi connectivity index (χ3v) is 5.96. The van der Waals surface area contributed by atoms with Crippen LogP contribution in [0.1, 0.15) is 31.9 Å². The summed E-state index contributed by atoms with van der Waals surface area (Å²) in [4.78, 5) is 0.394. The smallest absolute Gasteiger partial charge is 0.243 e. The molecule has 0 aromatic heterocycles. The van der Waals surface area contributed by atoms with Crippen molar-refractivity contribution in [2.45, 2.75) is 51.1 Å². The van der Waals surface area contributed by atoms with Crippen molar-refractivity contribution in [2.75, 3.05) is 13.1 Å². The Kier molecular flexibility index (Phi) is 3.97. The minimum atomic E-state index is -3.43. The summed E-state index contributed by atoms with van der Waals surface area (Å²) in [7, 11) is -3.43. The van der Waals surface area contributed by atoms with E-state index < -0.39 is 10.0 Å². The second-order valence-electron chi connectivity index (χ2n) is 6.41. The van der Waals surface area contributed by atoms with Crippen molar-refractivity contribution in [3.63, 3.8) is 0 Å². The van der Waals surface area contributed by atoms with Gasteiger partial charge in [-0.3, -0.25) is 0 Å². The second kappa shape index (κ2) is 5.13. The molecule has 0 amide bonds. The molecule has 112 valence electrons. The number of sulfonamides is 1. The molecule has 0 spiro atoms. The molecule has 0 aliphatic carbocycles. The Balaban J connectivity index is 2.40. The molecule has 2 rings (SSSR count). The van der Waals surface area contributed by atoms with E-state index in [-0.39, 0.29) is 11.6 Å². The van der Waals surface area contributed by atoms with E-state index in [0.29, 0.717) is 18.0 Å². The Bertz CT molecular complexity index is 608. The van der Waals surface area contributed by atoms with E-state index in [0.717, 1.165) is 11.1 Å². The molecule has 5 heteroatoms. The molecule has 0 radical (unpaired) electrons. The van der Waals surface area contributed by atoms with Crippen LogP contribution < -0.4 is 5.32 Å². The van der Waals surface area contributed by atoms with Gasteiger partial charge in [0.1, 0.15) is 0 Å². The SMILES string of the molecule is Cc1ccc(S(=O)(=O)N2CC(C)(C)NCC2C)cc1C. The first-order chi connectivity index (χ1) is 9.13. The zero-order chi connectivity index (χ0) is 15.1. The predicted octanol–water partition coefficient (Wildman–Crippen LogP) is 2.06. The first-order valence-corrected chi connectivity index (χ1v) is 8.42. The van der Waals surface area contributed by atoms with Crippen LogP contribution in [0.15, 0.2) is 23.1 Å². The number of benzene rings is 1. The first kappa shape index (κ1) is 15.5. The molecule has 1 aliphatic heterocycles. The Labute approximate surface area is 122 Å². The van der Waals surface area contributed by atoms with Gasteiger partial charge in [0.15, 0.2) is 0 Å². The van der Waals surface area contributed by atoms with Crippen molar-refractivity contribution in [3.8, 4) is 0 Å². The number of nitrogens with one attached hydrogen (secondary N) is 1. The van der Waals surface area contributed by atoms with E-state index in [1.165, 1.54) is 0 Å². The van der Waals surface area contributed by atoms with Gasteiger partial charge in [-0.05, 0) is 57.9 Å². The number of nitrogens with zero attached hydrogens (tertiary/aromatic N) is 1. The molecule has 1 aromatic carbocycles. The lowest BCUT2D eigenvalue weighted by Gasteiger charge is -2.42. The van der Waals surface area contributed by atoms with Crippen LogP contribution in [0.4, 0.5) is 0 Å².